The van der Waals surface area contributed by atoms with Gasteiger partial charge in [0.1, 0.15) is 5.82 Å². The minimum absolute atomic E-state index is 0.0411. The quantitative estimate of drug-likeness (QED) is 0.506. The van der Waals surface area contributed by atoms with Crippen molar-refractivity contribution in [2.24, 2.45) is 4.99 Å². The fraction of sp³-hybridized carbons (Fsp3) is 0.176. The third kappa shape index (κ3) is 3.68. The van der Waals surface area contributed by atoms with Crippen molar-refractivity contribution in [3.63, 3.8) is 0 Å². The van der Waals surface area contributed by atoms with Crippen LogP contribution in [-0.4, -0.2) is 29.1 Å². The Morgan fingerprint density at radius 3 is 2.85 bits per heavy atom. The summed E-state index contributed by atoms with van der Waals surface area (Å²) in [4.78, 5) is 27.3. The number of benzene rings is 2. The molecule has 0 saturated heterocycles. The maximum Gasteiger partial charge on any atom is 0.279 e. The second kappa shape index (κ2) is 7.54. The van der Waals surface area contributed by atoms with Gasteiger partial charge in [-0.3, -0.25) is 14.9 Å². The lowest BCUT2D eigenvalue weighted by molar-refractivity contribution is -0.384. The second-order valence-electron chi connectivity index (χ2n) is 5.37. The third-order valence-corrected chi connectivity index (χ3v) is 4.71. The van der Waals surface area contributed by atoms with E-state index in [1.807, 2.05) is 0 Å². The lowest BCUT2D eigenvalue weighted by Crippen LogP contribution is -2.19. The normalized spacial score (nSPS) is 11.8. The van der Waals surface area contributed by atoms with Crippen LogP contribution in [0.25, 0.3) is 10.2 Å². The van der Waals surface area contributed by atoms with Crippen LogP contribution in [0, 0.1) is 15.9 Å². The maximum atomic E-state index is 13.3. The largest absolute Gasteiger partial charge is 0.383 e. The summed E-state index contributed by atoms with van der Waals surface area (Å²) in [5.74, 6) is -1.11. The average Bonchev–Trinajstić information content (AvgIpc) is 2.96. The Balaban J connectivity index is 2.13. The van der Waals surface area contributed by atoms with Crippen LogP contribution in [0.3, 0.4) is 0 Å². The van der Waals surface area contributed by atoms with E-state index in [2.05, 4.69) is 4.99 Å². The number of aromatic nitrogens is 1. The summed E-state index contributed by atoms with van der Waals surface area (Å²) in [6.07, 6.45) is 0. The standard InChI is InChI=1S/C17H14FN3O4S/c1-25-8-7-20-14-6-5-13(21(23)24)10-15(14)26-17(20)19-16(22)11-3-2-4-12(18)9-11/h2-6,9-10H,7-8H2,1H3. The summed E-state index contributed by atoms with van der Waals surface area (Å²) in [6, 6.07) is 9.73. The molecular formula is C17H14FN3O4S. The topological polar surface area (TPSA) is 86.7 Å². The van der Waals surface area contributed by atoms with Gasteiger partial charge in [-0.2, -0.15) is 4.99 Å². The molecule has 3 aromatic rings. The molecule has 9 heteroatoms. The van der Waals surface area contributed by atoms with E-state index in [1.165, 1.54) is 30.3 Å². The van der Waals surface area contributed by atoms with Gasteiger partial charge in [-0.25, -0.2) is 4.39 Å². The van der Waals surface area contributed by atoms with E-state index in [-0.39, 0.29) is 11.3 Å². The molecule has 7 nitrogen and oxygen atoms in total. The summed E-state index contributed by atoms with van der Waals surface area (Å²) < 4.78 is 20.8. The number of rotatable bonds is 5. The number of fused-ring (bicyclic) bond motifs is 1. The van der Waals surface area contributed by atoms with Crippen LogP contribution in [0.4, 0.5) is 10.1 Å². The fourth-order valence-electron chi connectivity index (χ4n) is 2.43. The molecule has 0 N–H and O–H groups in total. The second-order valence-corrected chi connectivity index (χ2v) is 6.37. The number of nitrogens with zero attached hydrogens (tertiary/aromatic N) is 3. The molecule has 0 bridgehead atoms. The highest BCUT2D eigenvalue weighted by molar-refractivity contribution is 7.16. The number of halogens is 1. The number of nitro benzene ring substituents is 1. The van der Waals surface area contributed by atoms with Gasteiger partial charge in [-0.15, -0.1) is 0 Å². The average molecular weight is 375 g/mol. The molecule has 0 unspecified atom stereocenters. The Morgan fingerprint density at radius 1 is 1.35 bits per heavy atom. The summed E-state index contributed by atoms with van der Waals surface area (Å²) in [6.45, 7) is 0.799. The lowest BCUT2D eigenvalue weighted by Gasteiger charge is -2.04. The number of methoxy groups -OCH3 is 1. The summed E-state index contributed by atoms with van der Waals surface area (Å²) in [7, 11) is 1.55. The van der Waals surface area contributed by atoms with Crippen LogP contribution >= 0.6 is 11.3 Å². The van der Waals surface area contributed by atoms with Crippen LogP contribution in [0.15, 0.2) is 47.5 Å². The van der Waals surface area contributed by atoms with Gasteiger partial charge in [0.2, 0.25) is 0 Å². The van der Waals surface area contributed by atoms with Crippen molar-refractivity contribution < 1.29 is 18.8 Å². The van der Waals surface area contributed by atoms with E-state index in [9.17, 15) is 19.3 Å². The van der Waals surface area contributed by atoms with Gasteiger partial charge in [0.25, 0.3) is 11.6 Å². The highest BCUT2D eigenvalue weighted by Gasteiger charge is 2.13. The van der Waals surface area contributed by atoms with Gasteiger partial charge in [0, 0.05) is 31.4 Å². The number of hydrogen-bond donors (Lipinski definition) is 0. The number of hydrogen-bond acceptors (Lipinski definition) is 5. The Labute approximate surface area is 151 Å². The predicted molar refractivity (Wildman–Crippen MR) is 94.6 cm³/mol. The minimum atomic E-state index is -0.586. The van der Waals surface area contributed by atoms with Crippen LogP contribution in [-0.2, 0) is 11.3 Å². The van der Waals surface area contributed by atoms with Crippen LogP contribution in [0.1, 0.15) is 10.4 Å². The highest BCUT2D eigenvalue weighted by Crippen LogP contribution is 2.23. The van der Waals surface area contributed by atoms with Gasteiger partial charge in [-0.1, -0.05) is 17.4 Å². The molecule has 2 aromatic carbocycles. The lowest BCUT2D eigenvalue weighted by atomic mass is 10.2. The molecule has 0 aliphatic carbocycles. The van der Waals surface area contributed by atoms with Gasteiger partial charge >= 0.3 is 0 Å². The van der Waals surface area contributed by atoms with Gasteiger partial charge < -0.3 is 9.30 Å². The van der Waals surface area contributed by atoms with E-state index < -0.39 is 16.6 Å². The third-order valence-electron chi connectivity index (χ3n) is 3.66. The van der Waals surface area contributed by atoms with E-state index in [0.717, 1.165) is 17.4 Å². The molecule has 134 valence electrons. The highest BCUT2D eigenvalue weighted by atomic mass is 32.1. The molecule has 0 aliphatic rings. The number of ether oxygens (including phenoxy) is 1. The zero-order valence-corrected chi connectivity index (χ0v) is 14.5. The molecule has 1 heterocycles. The maximum absolute atomic E-state index is 13.3. The zero-order chi connectivity index (χ0) is 18.7. The molecule has 0 aliphatic heterocycles. The number of carbonyl (C=O) groups is 1. The molecule has 26 heavy (non-hydrogen) atoms. The van der Waals surface area contributed by atoms with Gasteiger partial charge in [0.15, 0.2) is 4.80 Å². The summed E-state index contributed by atoms with van der Waals surface area (Å²) in [5, 5.41) is 11.0. The summed E-state index contributed by atoms with van der Waals surface area (Å²) >= 11 is 1.15. The first-order chi connectivity index (χ1) is 12.5. The number of thiazole rings is 1. The van der Waals surface area contributed by atoms with Crippen molar-refractivity contribution in [1.29, 1.82) is 0 Å². The molecular weight excluding hydrogens is 361 g/mol. The molecule has 3 rings (SSSR count). The molecule has 1 amide bonds. The zero-order valence-electron chi connectivity index (χ0n) is 13.7. The number of nitro groups is 1. The molecule has 0 radical (unpaired) electrons. The molecule has 0 fully saturated rings. The van der Waals surface area contributed by atoms with Crippen molar-refractivity contribution in [3.8, 4) is 0 Å². The number of non-ortho nitro benzene ring substituents is 1. The molecule has 0 saturated carbocycles. The van der Waals surface area contributed by atoms with Gasteiger partial charge in [-0.05, 0) is 24.3 Å². The Morgan fingerprint density at radius 2 is 2.15 bits per heavy atom. The first-order valence-electron chi connectivity index (χ1n) is 7.61. The van der Waals surface area contributed by atoms with Crippen molar-refractivity contribution in [2.75, 3.05) is 13.7 Å². The fourth-order valence-corrected chi connectivity index (χ4v) is 3.52. The molecule has 1 aromatic heterocycles. The number of amides is 1. The molecule has 0 spiro atoms. The SMILES string of the molecule is COCCn1c(=NC(=O)c2cccc(F)c2)sc2cc([N+](=O)[O-])ccc21. The van der Waals surface area contributed by atoms with Crippen molar-refractivity contribution in [1.82, 2.24) is 4.57 Å². The first-order valence-corrected chi connectivity index (χ1v) is 8.42. The summed E-state index contributed by atoms with van der Waals surface area (Å²) in [5.41, 5.74) is 0.802. The van der Waals surface area contributed by atoms with E-state index >= 15 is 0 Å². The minimum Gasteiger partial charge on any atom is -0.383 e. The van der Waals surface area contributed by atoms with Crippen molar-refractivity contribution in [2.45, 2.75) is 6.54 Å². The van der Waals surface area contributed by atoms with E-state index in [1.54, 1.807) is 17.7 Å². The smallest absolute Gasteiger partial charge is 0.279 e. The van der Waals surface area contributed by atoms with E-state index in [0.29, 0.717) is 28.2 Å². The predicted octanol–water partition coefficient (Wildman–Crippen LogP) is 3.14. The number of carbonyl (C=O) groups excluding carboxylic acids is 1. The van der Waals surface area contributed by atoms with Crippen LogP contribution in [0.2, 0.25) is 0 Å². The monoisotopic (exact) mass is 375 g/mol. The van der Waals surface area contributed by atoms with Crippen LogP contribution in [0.5, 0.6) is 0 Å². The van der Waals surface area contributed by atoms with Crippen molar-refractivity contribution >= 4 is 33.1 Å². The molecule has 0 atom stereocenters. The van der Waals surface area contributed by atoms with E-state index in [4.69, 9.17) is 4.74 Å². The van der Waals surface area contributed by atoms with Crippen LogP contribution < -0.4 is 4.80 Å². The Kier molecular flexibility index (Phi) is 5.19. The van der Waals surface area contributed by atoms with Gasteiger partial charge in [0.05, 0.1) is 21.7 Å². The first kappa shape index (κ1) is 17.9. The van der Waals surface area contributed by atoms with Crippen molar-refractivity contribution in [3.05, 3.63) is 68.8 Å². The Hall–Kier alpha value is -2.91. The Bertz CT molecular complexity index is 1060.